The zero-order valence-corrected chi connectivity index (χ0v) is 16.3. The third-order valence-corrected chi connectivity index (χ3v) is 5.03. The predicted octanol–water partition coefficient (Wildman–Crippen LogP) is 1.83. The van der Waals surface area contributed by atoms with Crippen LogP contribution in [0.4, 0.5) is 23.4 Å². The predicted molar refractivity (Wildman–Crippen MR) is 103 cm³/mol. The van der Waals surface area contributed by atoms with Crippen molar-refractivity contribution < 1.29 is 22.4 Å². The molecule has 31 heavy (non-hydrogen) atoms. The first-order chi connectivity index (χ1) is 14.8. The number of hydrogen-bond donors (Lipinski definition) is 1. The van der Waals surface area contributed by atoms with Crippen molar-refractivity contribution in [3.63, 3.8) is 0 Å². The average molecular weight is 437 g/mol. The minimum atomic E-state index is -4.64. The fraction of sp³-hybridized carbons (Fsp3) is 0.368. The Morgan fingerprint density at radius 2 is 1.77 bits per heavy atom. The molecule has 0 spiro atoms. The molecule has 0 bridgehead atoms. The third-order valence-electron chi connectivity index (χ3n) is 5.03. The van der Waals surface area contributed by atoms with Crippen LogP contribution in [0, 0.1) is 5.82 Å². The number of rotatable bonds is 5. The van der Waals surface area contributed by atoms with Crippen LogP contribution in [-0.4, -0.2) is 69.9 Å². The van der Waals surface area contributed by atoms with Crippen molar-refractivity contribution in [2.24, 2.45) is 0 Å². The molecule has 3 heterocycles. The van der Waals surface area contributed by atoms with Crippen LogP contribution < -0.4 is 10.2 Å². The van der Waals surface area contributed by atoms with Gasteiger partial charge in [-0.1, -0.05) is 12.1 Å². The number of benzene rings is 1. The van der Waals surface area contributed by atoms with Gasteiger partial charge in [0.15, 0.2) is 5.65 Å². The fourth-order valence-corrected chi connectivity index (χ4v) is 3.39. The first-order valence-corrected chi connectivity index (χ1v) is 9.62. The summed E-state index contributed by atoms with van der Waals surface area (Å²) in [5.74, 6) is -1.79. The Kier molecular flexibility index (Phi) is 5.72. The number of aromatic nitrogens is 4. The highest BCUT2D eigenvalue weighted by Crippen LogP contribution is 2.28. The quantitative estimate of drug-likeness (QED) is 0.614. The summed E-state index contributed by atoms with van der Waals surface area (Å²) in [6.07, 6.45) is -4.64. The van der Waals surface area contributed by atoms with Crippen LogP contribution in [0.15, 0.2) is 36.4 Å². The van der Waals surface area contributed by atoms with Crippen LogP contribution in [0.25, 0.3) is 5.65 Å². The van der Waals surface area contributed by atoms with Crippen molar-refractivity contribution in [2.75, 3.05) is 44.2 Å². The zero-order valence-electron chi connectivity index (χ0n) is 16.3. The van der Waals surface area contributed by atoms with Gasteiger partial charge >= 0.3 is 6.18 Å². The van der Waals surface area contributed by atoms with Crippen molar-refractivity contribution in [1.29, 1.82) is 0 Å². The molecule has 12 heteroatoms. The molecule has 1 fully saturated rings. The van der Waals surface area contributed by atoms with E-state index in [1.807, 2.05) is 4.90 Å². The summed E-state index contributed by atoms with van der Waals surface area (Å²) in [5.41, 5.74) is 0.0290. The number of fused-ring (bicyclic) bond motifs is 1. The number of anilines is 1. The van der Waals surface area contributed by atoms with Gasteiger partial charge in [0.25, 0.3) is 11.7 Å². The normalized spacial score (nSPS) is 15.4. The van der Waals surface area contributed by atoms with E-state index in [0.717, 1.165) is 0 Å². The van der Waals surface area contributed by atoms with E-state index in [1.165, 1.54) is 24.3 Å². The van der Waals surface area contributed by atoms with E-state index in [2.05, 4.69) is 25.5 Å². The van der Waals surface area contributed by atoms with Crippen LogP contribution in [0.1, 0.15) is 16.2 Å². The molecule has 1 aliphatic heterocycles. The van der Waals surface area contributed by atoms with Crippen molar-refractivity contribution in [3.8, 4) is 0 Å². The SMILES string of the molecule is O=C(NCCN1CCN(c2ccc3nnc(C(F)(F)F)n3n2)CC1)c1ccccc1F. The molecule has 0 unspecified atom stereocenters. The molecule has 3 aromatic rings. The summed E-state index contributed by atoms with van der Waals surface area (Å²) >= 11 is 0. The van der Waals surface area contributed by atoms with Gasteiger partial charge in [-0.3, -0.25) is 9.69 Å². The van der Waals surface area contributed by atoms with Crippen molar-refractivity contribution >= 4 is 17.4 Å². The van der Waals surface area contributed by atoms with Crippen LogP contribution >= 0.6 is 0 Å². The van der Waals surface area contributed by atoms with Gasteiger partial charge in [-0.25, -0.2) is 4.39 Å². The molecule has 1 aromatic carbocycles. The Morgan fingerprint density at radius 1 is 1.03 bits per heavy atom. The molecule has 4 rings (SSSR count). The van der Waals surface area contributed by atoms with Crippen molar-refractivity contribution in [3.05, 3.63) is 53.6 Å². The van der Waals surface area contributed by atoms with E-state index in [-0.39, 0.29) is 11.2 Å². The van der Waals surface area contributed by atoms with E-state index in [4.69, 9.17) is 0 Å². The van der Waals surface area contributed by atoms with Gasteiger partial charge in [0.1, 0.15) is 11.6 Å². The molecule has 0 saturated carbocycles. The highest BCUT2D eigenvalue weighted by Gasteiger charge is 2.37. The summed E-state index contributed by atoms with van der Waals surface area (Å²) in [4.78, 5) is 16.0. The maximum absolute atomic E-state index is 13.6. The maximum Gasteiger partial charge on any atom is 0.453 e. The average Bonchev–Trinajstić information content (AvgIpc) is 3.18. The monoisotopic (exact) mass is 437 g/mol. The molecule has 2 aromatic heterocycles. The van der Waals surface area contributed by atoms with Crippen molar-refractivity contribution in [1.82, 2.24) is 30.0 Å². The molecule has 0 radical (unpaired) electrons. The number of alkyl halides is 3. The molecule has 0 atom stereocenters. The summed E-state index contributed by atoms with van der Waals surface area (Å²) < 4.78 is 53.5. The topological polar surface area (TPSA) is 78.7 Å². The Bertz CT molecular complexity index is 1080. The van der Waals surface area contributed by atoms with Crippen LogP contribution in [0.2, 0.25) is 0 Å². The highest BCUT2D eigenvalue weighted by atomic mass is 19.4. The molecule has 1 amide bonds. The molecule has 1 aliphatic rings. The Morgan fingerprint density at radius 3 is 2.48 bits per heavy atom. The minimum absolute atomic E-state index is 0.000929. The second-order valence-corrected chi connectivity index (χ2v) is 7.05. The van der Waals surface area contributed by atoms with E-state index in [0.29, 0.717) is 49.6 Å². The molecule has 8 nitrogen and oxygen atoms in total. The molecule has 0 aliphatic carbocycles. The van der Waals surface area contributed by atoms with Gasteiger partial charge < -0.3 is 10.2 Å². The Labute approximate surface area is 174 Å². The van der Waals surface area contributed by atoms with Crippen molar-refractivity contribution in [2.45, 2.75) is 6.18 Å². The van der Waals surface area contributed by atoms with E-state index >= 15 is 0 Å². The number of nitrogens with one attached hydrogen (secondary N) is 1. The second-order valence-electron chi connectivity index (χ2n) is 7.05. The summed E-state index contributed by atoms with van der Waals surface area (Å²) in [6.45, 7) is 3.33. The highest BCUT2D eigenvalue weighted by molar-refractivity contribution is 5.94. The zero-order chi connectivity index (χ0) is 22.0. The van der Waals surface area contributed by atoms with E-state index in [9.17, 15) is 22.4 Å². The van der Waals surface area contributed by atoms with Gasteiger partial charge in [-0.2, -0.15) is 17.7 Å². The minimum Gasteiger partial charge on any atom is -0.353 e. The van der Waals surface area contributed by atoms with Gasteiger partial charge in [0.2, 0.25) is 0 Å². The number of carbonyl (C=O) groups is 1. The number of nitrogens with zero attached hydrogens (tertiary/aromatic N) is 6. The van der Waals surface area contributed by atoms with Gasteiger partial charge in [-0.15, -0.1) is 15.3 Å². The number of hydrogen-bond acceptors (Lipinski definition) is 6. The Balaban J connectivity index is 1.31. The molecule has 1 saturated heterocycles. The lowest BCUT2D eigenvalue weighted by Gasteiger charge is -2.35. The number of piperazine rings is 1. The van der Waals surface area contributed by atoms with Gasteiger partial charge in [-0.05, 0) is 24.3 Å². The standard InChI is InChI=1S/C19H19F4N7O/c20-14-4-2-1-3-13(14)17(31)24-7-8-28-9-11-29(12-10-28)16-6-5-15-25-26-18(19(21,22)23)30(15)27-16/h1-6H,7-12H2,(H,24,31). The molecule has 1 N–H and O–H groups in total. The van der Waals surface area contributed by atoms with Crippen LogP contribution in [0.5, 0.6) is 0 Å². The van der Waals surface area contributed by atoms with Gasteiger partial charge in [0.05, 0.1) is 5.56 Å². The lowest BCUT2D eigenvalue weighted by atomic mass is 10.2. The molecular formula is C19H19F4N7O. The first kappa shape index (κ1) is 21.0. The number of carbonyl (C=O) groups excluding carboxylic acids is 1. The number of amides is 1. The lowest BCUT2D eigenvalue weighted by molar-refractivity contribution is -0.146. The molecule has 164 valence electrons. The maximum atomic E-state index is 13.6. The number of halogens is 4. The van der Waals surface area contributed by atoms with E-state index < -0.39 is 23.7 Å². The first-order valence-electron chi connectivity index (χ1n) is 9.62. The third kappa shape index (κ3) is 4.58. The molecular weight excluding hydrogens is 418 g/mol. The summed E-state index contributed by atoms with van der Waals surface area (Å²) in [5, 5.41) is 13.4. The van der Waals surface area contributed by atoms with Gasteiger partial charge in [0, 0.05) is 39.3 Å². The van der Waals surface area contributed by atoms with Crippen LogP contribution in [0.3, 0.4) is 0 Å². The second kappa shape index (κ2) is 8.46. The smallest absolute Gasteiger partial charge is 0.353 e. The Hall–Kier alpha value is -3.28. The van der Waals surface area contributed by atoms with E-state index in [1.54, 1.807) is 12.1 Å². The van der Waals surface area contributed by atoms with Crippen LogP contribution in [-0.2, 0) is 6.18 Å². The lowest BCUT2D eigenvalue weighted by Crippen LogP contribution is -2.48. The summed E-state index contributed by atoms with van der Waals surface area (Å²) in [7, 11) is 0. The largest absolute Gasteiger partial charge is 0.453 e. The summed E-state index contributed by atoms with van der Waals surface area (Å²) in [6, 6.07) is 8.85. The fourth-order valence-electron chi connectivity index (χ4n) is 3.39.